The predicted molar refractivity (Wildman–Crippen MR) is 73.0 cm³/mol. The first kappa shape index (κ1) is 15.9. The molecule has 6 heteroatoms. The lowest BCUT2D eigenvalue weighted by Gasteiger charge is -2.36. The van der Waals surface area contributed by atoms with Gasteiger partial charge in [-0.15, -0.1) is 0 Å². The second-order valence-corrected chi connectivity index (χ2v) is 7.09. The third kappa shape index (κ3) is 4.50. The fourth-order valence-electron chi connectivity index (χ4n) is 2.45. The number of aliphatic hydroxyl groups excluding tert-OH is 1. The Morgan fingerprint density at radius 1 is 1.33 bits per heavy atom. The van der Waals surface area contributed by atoms with Crippen LogP contribution in [-0.4, -0.2) is 67.8 Å². The first-order valence-corrected chi connectivity index (χ1v) is 8.41. The topological polar surface area (TPSA) is 60.9 Å². The molecule has 1 N–H and O–H groups in total. The van der Waals surface area contributed by atoms with Gasteiger partial charge in [-0.1, -0.05) is 6.92 Å². The van der Waals surface area contributed by atoms with E-state index in [1.165, 1.54) is 0 Å². The largest absolute Gasteiger partial charge is 0.396 e. The molecule has 0 saturated carbocycles. The Balaban J connectivity index is 2.41. The molecule has 0 aromatic carbocycles. The standard InChI is InChI=1S/C12H26N2O3S/c1-3-11-18(16,17)14-8-5-12(6-9-14)13(2)7-4-10-15/h12,15H,3-11H2,1-2H3. The molecule has 1 rings (SSSR count). The van der Waals surface area contributed by atoms with Crippen LogP contribution in [0.3, 0.4) is 0 Å². The van der Waals surface area contributed by atoms with E-state index >= 15 is 0 Å². The van der Waals surface area contributed by atoms with Gasteiger partial charge in [-0.3, -0.25) is 0 Å². The van der Waals surface area contributed by atoms with Gasteiger partial charge in [-0.25, -0.2) is 12.7 Å². The molecule has 0 aliphatic carbocycles. The van der Waals surface area contributed by atoms with Crippen molar-refractivity contribution >= 4 is 10.0 Å². The minimum absolute atomic E-state index is 0.216. The monoisotopic (exact) mass is 278 g/mol. The summed E-state index contributed by atoms with van der Waals surface area (Å²) in [5, 5.41) is 8.81. The number of piperidine rings is 1. The van der Waals surface area contributed by atoms with Crippen LogP contribution < -0.4 is 0 Å². The van der Waals surface area contributed by atoms with Crippen molar-refractivity contribution in [1.29, 1.82) is 0 Å². The van der Waals surface area contributed by atoms with Gasteiger partial charge in [0.05, 0.1) is 5.75 Å². The molecule has 108 valence electrons. The number of nitrogens with zero attached hydrogens (tertiary/aromatic N) is 2. The Kier molecular flexibility index (Phi) is 6.55. The van der Waals surface area contributed by atoms with E-state index in [0.29, 0.717) is 25.6 Å². The van der Waals surface area contributed by atoms with E-state index in [4.69, 9.17) is 5.11 Å². The zero-order valence-corrected chi connectivity index (χ0v) is 12.3. The summed E-state index contributed by atoms with van der Waals surface area (Å²) >= 11 is 0. The van der Waals surface area contributed by atoms with Crippen LogP contribution in [-0.2, 0) is 10.0 Å². The maximum Gasteiger partial charge on any atom is 0.214 e. The van der Waals surface area contributed by atoms with Crippen LogP contribution in [0, 0.1) is 0 Å². The smallest absolute Gasteiger partial charge is 0.214 e. The van der Waals surface area contributed by atoms with E-state index in [0.717, 1.165) is 25.8 Å². The van der Waals surface area contributed by atoms with Gasteiger partial charge in [-0.2, -0.15) is 0 Å². The van der Waals surface area contributed by atoms with Crippen molar-refractivity contribution in [2.45, 2.75) is 38.6 Å². The number of rotatable bonds is 7. The van der Waals surface area contributed by atoms with Crippen LogP contribution in [0.5, 0.6) is 0 Å². The fourth-order valence-corrected chi connectivity index (χ4v) is 3.99. The van der Waals surface area contributed by atoms with Gasteiger partial charge in [0, 0.05) is 32.3 Å². The molecule has 0 aromatic heterocycles. The lowest BCUT2D eigenvalue weighted by molar-refractivity contribution is 0.155. The molecule has 0 bridgehead atoms. The Morgan fingerprint density at radius 2 is 1.94 bits per heavy atom. The van der Waals surface area contributed by atoms with Crippen molar-refractivity contribution in [2.75, 3.05) is 39.0 Å². The first-order chi connectivity index (χ1) is 8.51. The molecular weight excluding hydrogens is 252 g/mol. The second kappa shape index (κ2) is 7.43. The van der Waals surface area contributed by atoms with E-state index in [1.54, 1.807) is 4.31 Å². The van der Waals surface area contributed by atoms with E-state index in [2.05, 4.69) is 11.9 Å². The van der Waals surface area contributed by atoms with Gasteiger partial charge >= 0.3 is 0 Å². The van der Waals surface area contributed by atoms with Gasteiger partial charge in [0.25, 0.3) is 0 Å². The SMILES string of the molecule is CCCS(=O)(=O)N1CCC(N(C)CCCO)CC1. The average molecular weight is 278 g/mol. The van der Waals surface area contributed by atoms with E-state index in [9.17, 15) is 8.42 Å². The maximum absolute atomic E-state index is 11.9. The molecule has 0 radical (unpaired) electrons. The molecular formula is C12H26N2O3S. The highest BCUT2D eigenvalue weighted by atomic mass is 32.2. The highest BCUT2D eigenvalue weighted by Crippen LogP contribution is 2.18. The molecule has 0 spiro atoms. The molecule has 1 aliphatic rings. The lowest BCUT2D eigenvalue weighted by atomic mass is 10.1. The first-order valence-electron chi connectivity index (χ1n) is 6.80. The predicted octanol–water partition coefficient (Wildman–Crippen LogP) is 0.505. The number of hydrogen-bond donors (Lipinski definition) is 1. The molecule has 1 aliphatic heterocycles. The van der Waals surface area contributed by atoms with Crippen LogP contribution >= 0.6 is 0 Å². The van der Waals surface area contributed by atoms with Crippen LogP contribution in [0.15, 0.2) is 0 Å². The summed E-state index contributed by atoms with van der Waals surface area (Å²) in [5.74, 6) is 0.262. The summed E-state index contributed by atoms with van der Waals surface area (Å²) < 4.78 is 25.5. The maximum atomic E-state index is 11.9. The molecule has 18 heavy (non-hydrogen) atoms. The number of aliphatic hydroxyl groups is 1. The van der Waals surface area contributed by atoms with Crippen LogP contribution in [0.4, 0.5) is 0 Å². The Bertz CT molecular complexity index is 324. The highest BCUT2D eigenvalue weighted by Gasteiger charge is 2.28. The zero-order chi connectivity index (χ0) is 13.6. The minimum atomic E-state index is -3.02. The van der Waals surface area contributed by atoms with Crippen molar-refractivity contribution in [3.63, 3.8) is 0 Å². The van der Waals surface area contributed by atoms with Gasteiger partial charge in [-0.05, 0) is 32.7 Å². The summed E-state index contributed by atoms with van der Waals surface area (Å²) in [7, 11) is -0.973. The van der Waals surface area contributed by atoms with Crippen molar-refractivity contribution in [1.82, 2.24) is 9.21 Å². The lowest BCUT2D eigenvalue weighted by Crippen LogP contribution is -2.46. The normalized spacial score (nSPS) is 19.6. The van der Waals surface area contributed by atoms with E-state index in [1.807, 2.05) is 6.92 Å². The Morgan fingerprint density at radius 3 is 2.44 bits per heavy atom. The third-order valence-corrected chi connectivity index (χ3v) is 5.65. The van der Waals surface area contributed by atoms with E-state index in [-0.39, 0.29) is 12.4 Å². The highest BCUT2D eigenvalue weighted by molar-refractivity contribution is 7.89. The fraction of sp³-hybridized carbons (Fsp3) is 1.00. The van der Waals surface area contributed by atoms with Crippen molar-refractivity contribution < 1.29 is 13.5 Å². The summed E-state index contributed by atoms with van der Waals surface area (Å²) in [4.78, 5) is 2.24. The minimum Gasteiger partial charge on any atom is -0.396 e. The summed E-state index contributed by atoms with van der Waals surface area (Å²) in [6.45, 7) is 4.26. The quantitative estimate of drug-likeness (QED) is 0.737. The number of sulfonamides is 1. The summed E-state index contributed by atoms with van der Waals surface area (Å²) in [6, 6.07) is 0.449. The van der Waals surface area contributed by atoms with Crippen molar-refractivity contribution in [3.05, 3.63) is 0 Å². The van der Waals surface area contributed by atoms with Gasteiger partial charge in [0.15, 0.2) is 0 Å². The Labute approximate surface area is 111 Å². The summed E-state index contributed by atoms with van der Waals surface area (Å²) in [6.07, 6.45) is 3.25. The molecule has 0 unspecified atom stereocenters. The molecule has 5 nitrogen and oxygen atoms in total. The van der Waals surface area contributed by atoms with Gasteiger partial charge < -0.3 is 10.0 Å². The van der Waals surface area contributed by atoms with Gasteiger partial charge in [0.2, 0.25) is 10.0 Å². The van der Waals surface area contributed by atoms with Crippen LogP contribution in [0.1, 0.15) is 32.6 Å². The molecule has 1 heterocycles. The van der Waals surface area contributed by atoms with Crippen molar-refractivity contribution in [3.8, 4) is 0 Å². The zero-order valence-electron chi connectivity index (χ0n) is 11.5. The third-order valence-electron chi connectivity index (χ3n) is 3.57. The molecule has 0 atom stereocenters. The van der Waals surface area contributed by atoms with Gasteiger partial charge in [0.1, 0.15) is 0 Å². The Hall–Kier alpha value is -0.170. The number of hydrogen-bond acceptors (Lipinski definition) is 4. The average Bonchev–Trinajstić information content (AvgIpc) is 2.36. The van der Waals surface area contributed by atoms with Crippen molar-refractivity contribution in [2.24, 2.45) is 0 Å². The molecule has 0 aromatic rings. The van der Waals surface area contributed by atoms with Crippen LogP contribution in [0.2, 0.25) is 0 Å². The molecule has 0 amide bonds. The van der Waals surface area contributed by atoms with E-state index < -0.39 is 10.0 Å². The summed E-state index contributed by atoms with van der Waals surface area (Å²) in [5.41, 5.74) is 0. The second-order valence-electron chi connectivity index (χ2n) is 5.00. The van der Waals surface area contributed by atoms with Crippen LogP contribution in [0.25, 0.3) is 0 Å². The molecule has 1 fully saturated rings. The molecule has 1 saturated heterocycles.